The van der Waals surface area contributed by atoms with Crippen LogP contribution in [0.25, 0.3) is 0 Å². The number of rotatable bonds is 23. The Morgan fingerprint density at radius 3 is 1.61 bits per heavy atom. The van der Waals surface area contributed by atoms with Gasteiger partial charge in [0.1, 0.15) is 0 Å². The molecule has 0 amide bonds. The monoisotopic (exact) mass is 472 g/mol. The van der Waals surface area contributed by atoms with Crippen molar-refractivity contribution in [3.05, 3.63) is 0 Å². The highest BCUT2D eigenvalue weighted by atomic mass is 16.5. The van der Waals surface area contributed by atoms with Crippen LogP contribution in [-0.2, 0) is 19.1 Å². The van der Waals surface area contributed by atoms with Crippen LogP contribution in [0.5, 0.6) is 0 Å². The summed E-state index contributed by atoms with van der Waals surface area (Å²) in [6.45, 7) is 4.60. The van der Waals surface area contributed by atoms with E-state index in [-0.39, 0.29) is 6.61 Å². The third-order valence-electron chi connectivity index (χ3n) is 6.23. The summed E-state index contributed by atoms with van der Waals surface area (Å²) in [6.07, 6.45) is 17.4. The van der Waals surface area contributed by atoms with Crippen LogP contribution in [0.4, 0.5) is 0 Å². The Morgan fingerprint density at radius 2 is 1.15 bits per heavy atom. The second-order valence-corrected chi connectivity index (χ2v) is 9.43. The molecule has 7 heteroatoms. The molecule has 0 heterocycles. The number of carboxylic acid groups (broad SMARTS) is 2. The van der Waals surface area contributed by atoms with Crippen LogP contribution in [-0.4, -0.2) is 45.4 Å². The number of aliphatic hydroxyl groups is 1. The highest BCUT2D eigenvalue weighted by Crippen LogP contribution is 2.24. The van der Waals surface area contributed by atoms with Crippen LogP contribution in [0.15, 0.2) is 0 Å². The number of hydrogen-bond donors (Lipinski definition) is 3. The molecule has 0 fully saturated rings. The molecule has 33 heavy (non-hydrogen) atoms. The Balaban J connectivity index is 4.35. The fourth-order valence-electron chi connectivity index (χ4n) is 4.17. The van der Waals surface area contributed by atoms with E-state index in [0.29, 0.717) is 12.3 Å². The summed E-state index contributed by atoms with van der Waals surface area (Å²) < 4.78 is 5.10. The Hall–Kier alpha value is -1.63. The summed E-state index contributed by atoms with van der Waals surface area (Å²) in [4.78, 5) is 33.9. The van der Waals surface area contributed by atoms with E-state index in [1.165, 1.54) is 89.9 Å². The minimum Gasteiger partial charge on any atom is -0.481 e. The third kappa shape index (κ3) is 17.5. The maximum Gasteiger partial charge on any atom is 0.336 e. The molecule has 0 saturated carbocycles. The maximum absolute atomic E-state index is 11.9. The van der Waals surface area contributed by atoms with Gasteiger partial charge in [-0.05, 0) is 18.8 Å². The number of ether oxygens (including phenoxy) is 1. The predicted octanol–water partition coefficient (Wildman–Crippen LogP) is 6.11. The minimum absolute atomic E-state index is 0.158. The molecule has 1 atom stereocenters. The quantitative estimate of drug-likeness (QED) is 0.121. The topological polar surface area (TPSA) is 121 Å². The van der Waals surface area contributed by atoms with E-state index in [1.54, 1.807) is 0 Å². The number of carbonyl (C=O) groups excluding carboxylic acids is 1. The molecule has 0 aromatic heterocycles. The largest absolute Gasteiger partial charge is 0.481 e. The van der Waals surface area contributed by atoms with Crippen molar-refractivity contribution in [2.24, 2.45) is 5.92 Å². The van der Waals surface area contributed by atoms with Gasteiger partial charge in [-0.25, -0.2) is 4.79 Å². The summed E-state index contributed by atoms with van der Waals surface area (Å²) in [5.74, 6) is -3.51. The zero-order valence-electron chi connectivity index (χ0n) is 21.0. The molecule has 3 N–H and O–H groups in total. The number of esters is 1. The number of unbranched alkanes of at least 4 members (excludes halogenated alkanes) is 10. The van der Waals surface area contributed by atoms with Gasteiger partial charge in [-0.1, -0.05) is 104 Å². The van der Waals surface area contributed by atoms with Gasteiger partial charge in [0.25, 0.3) is 0 Å². The van der Waals surface area contributed by atoms with Gasteiger partial charge >= 0.3 is 17.9 Å². The Morgan fingerprint density at radius 1 is 0.697 bits per heavy atom. The molecule has 0 aliphatic heterocycles. The third-order valence-corrected chi connectivity index (χ3v) is 6.23. The Kier molecular flexibility index (Phi) is 18.8. The average molecular weight is 473 g/mol. The van der Waals surface area contributed by atoms with Crippen LogP contribution in [0.3, 0.4) is 0 Å². The van der Waals surface area contributed by atoms with Gasteiger partial charge in [0, 0.05) is 0 Å². The second-order valence-electron chi connectivity index (χ2n) is 9.43. The molecule has 0 bridgehead atoms. The van der Waals surface area contributed by atoms with Gasteiger partial charge in [0.2, 0.25) is 0 Å². The first-order valence-electron chi connectivity index (χ1n) is 13.1. The Bertz CT molecular complexity index is 519. The first-order valence-corrected chi connectivity index (χ1v) is 13.1. The molecule has 0 aliphatic rings. The highest BCUT2D eigenvalue weighted by molar-refractivity contribution is 5.88. The van der Waals surface area contributed by atoms with Crippen LogP contribution >= 0.6 is 0 Å². The van der Waals surface area contributed by atoms with E-state index in [2.05, 4.69) is 13.8 Å². The summed E-state index contributed by atoms with van der Waals surface area (Å²) in [5, 5.41) is 27.8. The lowest BCUT2D eigenvalue weighted by Crippen LogP contribution is -2.43. The van der Waals surface area contributed by atoms with Gasteiger partial charge < -0.3 is 20.1 Å². The number of aliphatic carboxylic acids is 2. The molecule has 0 aromatic carbocycles. The molecule has 0 saturated heterocycles. The van der Waals surface area contributed by atoms with E-state index in [4.69, 9.17) is 14.9 Å². The van der Waals surface area contributed by atoms with Gasteiger partial charge in [-0.3, -0.25) is 9.59 Å². The molecule has 0 radical (unpaired) electrons. The van der Waals surface area contributed by atoms with Crippen molar-refractivity contribution in [1.29, 1.82) is 0 Å². The van der Waals surface area contributed by atoms with Crippen LogP contribution in [0.2, 0.25) is 0 Å². The first kappa shape index (κ1) is 31.4. The fourth-order valence-corrected chi connectivity index (χ4v) is 4.17. The first-order chi connectivity index (χ1) is 15.7. The molecule has 194 valence electrons. The molecule has 1 unspecified atom stereocenters. The van der Waals surface area contributed by atoms with Crippen molar-refractivity contribution in [1.82, 2.24) is 0 Å². The van der Waals surface area contributed by atoms with Crippen molar-refractivity contribution in [3.63, 3.8) is 0 Å². The molecule has 0 aromatic rings. The van der Waals surface area contributed by atoms with Crippen molar-refractivity contribution < 1.29 is 34.4 Å². The summed E-state index contributed by atoms with van der Waals surface area (Å²) in [7, 11) is 0. The van der Waals surface area contributed by atoms with E-state index in [1.807, 2.05) is 0 Å². The molecule has 0 spiro atoms. The zero-order valence-corrected chi connectivity index (χ0v) is 21.0. The van der Waals surface area contributed by atoms with Gasteiger partial charge in [0.15, 0.2) is 5.60 Å². The molecule has 0 rings (SSSR count). The van der Waals surface area contributed by atoms with Crippen LogP contribution in [0, 0.1) is 5.92 Å². The number of hydrogen-bond acceptors (Lipinski definition) is 5. The van der Waals surface area contributed by atoms with Crippen LogP contribution < -0.4 is 0 Å². The summed E-state index contributed by atoms with van der Waals surface area (Å²) >= 11 is 0. The lowest BCUT2D eigenvalue weighted by Gasteiger charge is -2.20. The summed E-state index contributed by atoms with van der Waals surface area (Å²) in [5.41, 5.74) is -2.64. The second kappa shape index (κ2) is 19.8. The van der Waals surface area contributed by atoms with Gasteiger partial charge in [-0.15, -0.1) is 0 Å². The van der Waals surface area contributed by atoms with Gasteiger partial charge in [-0.2, -0.15) is 0 Å². The minimum atomic E-state index is -2.64. The molecule has 0 aliphatic carbocycles. The van der Waals surface area contributed by atoms with E-state index in [9.17, 15) is 19.5 Å². The van der Waals surface area contributed by atoms with E-state index < -0.39 is 36.4 Å². The van der Waals surface area contributed by atoms with E-state index in [0.717, 1.165) is 6.42 Å². The standard InChI is InChI=1S/C26H48O7/c1-3-5-7-9-11-13-16-22(17-14-12-10-8-6-4-2)18-15-19-33-24(29)21-26(32,25(30)31)20-23(27)28/h22,32H,3-21H2,1-2H3,(H,27,28)(H,30,31). The molecular weight excluding hydrogens is 424 g/mol. The van der Waals surface area contributed by atoms with Crippen molar-refractivity contribution in [3.8, 4) is 0 Å². The lowest BCUT2D eigenvalue weighted by atomic mass is 9.90. The zero-order chi connectivity index (χ0) is 25.0. The molecular formula is C26H48O7. The number of carboxylic acids is 2. The van der Waals surface area contributed by atoms with Crippen molar-refractivity contribution >= 4 is 17.9 Å². The molecule has 7 nitrogen and oxygen atoms in total. The van der Waals surface area contributed by atoms with Gasteiger partial charge in [0.05, 0.1) is 19.4 Å². The summed E-state index contributed by atoms with van der Waals surface area (Å²) in [6, 6.07) is 0. The Labute approximate surface area is 200 Å². The smallest absolute Gasteiger partial charge is 0.336 e. The highest BCUT2D eigenvalue weighted by Gasteiger charge is 2.41. The maximum atomic E-state index is 11.9. The SMILES string of the molecule is CCCCCCCCC(CCCCCCCC)CCCOC(=O)CC(O)(CC(=O)O)C(=O)O. The van der Waals surface area contributed by atoms with Crippen molar-refractivity contribution in [2.45, 2.75) is 135 Å². The van der Waals surface area contributed by atoms with E-state index >= 15 is 0 Å². The lowest BCUT2D eigenvalue weighted by molar-refractivity contribution is -0.172. The average Bonchev–Trinajstić information content (AvgIpc) is 2.74. The predicted molar refractivity (Wildman–Crippen MR) is 129 cm³/mol. The fraction of sp³-hybridized carbons (Fsp3) is 0.885. The van der Waals surface area contributed by atoms with Crippen molar-refractivity contribution in [2.75, 3.05) is 6.61 Å². The normalized spacial score (nSPS) is 13.1. The van der Waals surface area contributed by atoms with Crippen LogP contribution in [0.1, 0.15) is 129 Å². The number of carbonyl (C=O) groups is 3.